The molecule has 1 heteroatoms. The van der Waals surface area contributed by atoms with Gasteiger partial charge in [-0.15, -0.1) is 0 Å². The van der Waals surface area contributed by atoms with Crippen LogP contribution in [-0.2, 0) is 6.42 Å². The molecule has 0 saturated carbocycles. The fourth-order valence-electron chi connectivity index (χ4n) is 1.83. The Balaban J connectivity index is 1.83. The average Bonchev–Trinajstić information content (AvgIpc) is 2.45. The lowest BCUT2D eigenvalue weighted by molar-refractivity contribution is 0.414. The van der Waals surface area contributed by atoms with Gasteiger partial charge in [0, 0.05) is 0 Å². The summed E-state index contributed by atoms with van der Waals surface area (Å²) in [6, 6.07) is 18.6. The molecule has 1 nitrogen and oxygen atoms in total. The van der Waals surface area contributed by atoms with Crippen molar-refractivity contribution in [1.82, 2.24) is 0 Å². The predicted molar refractivity (Wildman–Crippen MR) is 76.8 cm³/mol. The van der Waals surface area contributed by atoms with Crippen molar-refractivity contribution in [2.24, 2.45) is 0 Å². The maximum atomic E-state index is 5.14. The predicted octanol–water partition coefficient (Wildman–Crippen LogP) is 4.34. The minimum absolute atomic E-state index is 0.915. The van der Waals surface area contributed by atoms with Crippen molar-refractivity contribution in [2.45, 2.75) is 12.8 Å². The third kappa shape index (κ3) is 3.77. The standard InChI is InChI=1S/C17H18O/c1-18-17-13-11-16(12-14-17)10-6-5-9-15-7-3-2-4-8-15/h2-5,7-9,11-14H,6,10H2,1H3/b9-5-. The summed E-state index contributed by atoms with van der Waals surface area (Å²) >= 11 is 0. The third-order valence-corrected chi connectivity index (χ3v) is 2.87. The molecule has 2 aromatic rings. The van der Waals surface area contributed by atoms with Gasteiger partial charge < -0.3 is 4.74 Å². The molecule has 0 aromatic heterocycles. The van der Waals surface area contributed by atoms with Gasteiger partial charge in [-0.2, -0.15) is 0 Å². The van der Waals surface area contributed by atoms with E-state index in [1.54, 1.807) is 7.11 Å². The van der Waals surface area contributed by atoms with E-state index in [1.165, 1.54) is 11.1 Å². The van der Waals surface area contributed by atoms with E-state index >= 15 is 0 Å². The molecule has 2 rings (SSSR count). The number of aryl methyl sites for hydroxylation is 1. The number of methoxy groups -OCH3 is 1. The Kier molecular flexibility index (Phi) is 4.60. The van der Waals surface area contributed by atoms with Crippen LogP contribution in [0.5, 0.6) is 5.75 Å². The molecule has 0 fully saturated rings. The Bertz CT molecular complexity index is 483. The lowest BCUT2D eigenvalue weighted by Gasteiger charge is -2.01. The van der Waals surface area contributed by atoms with Crippen molar-refractivity contribution in [3.05, 3.63) is 71.8 Å². The fourth-order valence-corrected chi connectivity index (χ4v) is 1.83. The summed E-state index contributed by atoms with van der Waals surface area (Å²) in [7, 11) is 1.69. The summed E-state index contributed by atoms with van der Waals surface area (Å²) in [5.74, 6) is 0.915. The van der Waals surface area contributed by atoms with Gasteiger partial charge in [0.05, 0.1) is 7.11 Å². The van der Waals surface area contributed by atoms with Crippen LogP contribution in [0.1, 0.15) is 17.5 Å². The van der Waals surface area contributed by atoms with Crippen LogP contribution in [0, 0.1) is 0 Å². The summed E-state index contributed by atoms with van der Waals surface area (Å²) in [5, 5.41) is 0. The Morgan fingerprint density at radius 2 is 1.67 bits per heavy atom. The summed E-state index contributed by atoms with van der Waals surface area (Å²) < 4.78 is 5.14. The second-order valence-electron chi connectivity index (χ2n) is 4.20. The molecule has 0 amide bonds. The molecule has 0 unspecified atom stereocenters. The van der Waals surface area contributed by atoms with Crippen LogP contribution in [0.2, 0.25) is 0 Å². The summed E-state index contributed by atoms with van der Waals surface area (Å²) in [6.07, 6.45) is 6.51. The van der Waals surface area contributed by atoms with Gasteiger partial charge in [-0.05, 0) is 36.1 Å². The highest BCUT2D eigenvalue weighted by Gasteiger charge is 1.93. The van der Waals surface area contributed by atoms with Crippen LogP contribution in [0.15, 0.2) is 60.7 Å². The van der Waals surface area contributed by atoms with Gasteiger partial charge in [-0.25, -0.2) is 0 Å². The van der Waals surface area contributed by atoms with Crippen molar-refractivity contribution in [2.75, 3.05) is 7.11 Å². The number of ether oxygens (including phenoxy) is 1. The normalized spacial score (nSPS) is 10.7. The highest BCUT2D eigenvalue weighted by Crippen LogP contribution is 2.13. The van der Waals surface area contributed by atoms with Crippen LogP contribution in [-0.4, -0.2) is 7.11 Å². The van der Waals surface area contributed by atoms with Crippen molar-refractivity contribution >= 4 is 6.08 Å². The van der Waals surface area contributed by atoms with E-state index in [2.05, 4.69) is 48.6 Å². The maximum absolute atomic E-state index is 5.14. The lowest BCUT2D eigenvalue weighted by Crippen LogP contribution is -1.85. The van der Waals surface area contributed by atoms with Gasteiger partial charge >= 0.3 is 0 Å². The van der Waals surface area contributed by atoms with Crippen molar-refractivity contribution in [3.8, 4) is 5.75 Å². The molecule has 0 aliphatic carbocycles. The quantitative estimate of drug-likeness (QED) is 0.753. The number of hydrogen-bond donors (Lipinski definition) is 0. The number of hydrogen-bond acceptors (Lipinski definition) is 1. The first-order valence-corrected chi connectivity index (χ1v) is 6.23. The molecule has 0 bridgehead atoms. The molecule has 0 aliphatic heterocycles. The second kappa shape index (κ2) is 6.65. The van der Waals surface area contributed by atoms with Gasteiger partial charge in [0.25, 0.3) is 0 Å². The Morgan fingerprint density at radius 1 is 0.944 bits per heavy atom. The van der Waals surface area contributed by atoms with E-state index in [9.17, 15) is 0 Å². The molecule has 0 radical (unpaired) electrons. The van der Waals surface area contributed by atoms with Gasteiger partial charge in [0.2, 0.25) is 0 Å². The summed E-state index contributed by atoms with van der Waals surface area (Å²) in [4.78, 5) is 0. The van der Waals surface area contributed by atoms with Crippen molar-refractivity contribution < 1.29 is 4.74 Å². The zero-order chi connectivity index (χ0) is 12.6. The Morgan fingerprint density at radius 3 is 2.33 bits per heavy atom. The maximum Gasteiger partial charge on any atom is 0.118 e. The minimum Gasteiger partial charge on any atom is -0.497 e. The van der Waals surface area contributed by atoms with Gasteiger partial charge in [-0.1, -0.05) is 54.6 Å². The van der Waals surface area contributed by atoms with E-state index < -0.39 is 0 Å². The first-order chi connectivity index (χ1) is 8.88. The number of allylic oxidation sites excluding steroid dienone is 1. The molecule has 0 N–H and O–H groups in total. The van der Waals surface area contributed by atoms with Gasteiger partial charge in [0.1, 0.15) is 5.75 Å². The molecule has 0 spiro atoms. The molecule has 2 aromatic carbocycles. The molecular weight excluding hydrogens is 220 g/mol. The van der Waals surface area contributed by atoms with Gasteiger partial charge in [-0.3, -0.25) is 0 Å². The van der Waals surface area contributed by atoms with Crippen LogP contribution in [0.3, 0.4) is 0 Å². The second-order valence-corrected chi connectivity index (χ2v) is 4.20. The molecule has 0 saturated heterocycles. The van der Waals surface area contributed by atoms with Gasteiger partial charge in [0.15, 0.2) is 0 Å². The van der Waals surface area contributed by atoms with Crippen LogP contribution in [0.25, 0.3) is 6.08 Å². The minimum atomic E-state index is 0.915. The van der Waals surface area contributed by atoms with Crippen molar-refractivity contribution in [3.63, 3.8) is 0 Å². The number of rotatable bonds is 5. The third-order valence-electron chi connectivity index (χ3n) is 2.87. The monoisotopic (exact) mass is 238 g/mol. The Labute approximate surface area is 109 Å². The SMILES string of the molecule is COc1ccc(CC/C=C\c2ccccc2)cc1. The largest absolute Gasteiger partial charge is 0.497 e. The molecular formula is C17H18O. The topological polar surface area (TPSA) is 9.23 Å². The smallest absolute Gasteiger partial charge is 0.118 e. The highest BCUT2D eigenvalue weighted by atomic mass is 16.5. The van der Waals surface area contributed by atoms with Crippen LogP contribution < -0.4 is 4.74 Å². The molecule has 18 heavy (non-hydrogen) atoms. The lowest BCUT2D eigenvalue weighted by atomic mass is 10.1. The molecule has 92 valence electrons. The molecule has 0 atom stereocenters. The number of benzene rings is 2. The van der Waals surface area contributed by atoms with Crippen LogP contribution >= 0.6 is 0 Å². The van der Waals surface area contributed by atoms with Crippen LogP contribution in [0.4, 0.5) is 0 Å². The fraction of sp³-hybridized carbons (Fsp3) is 0.176. The first-order valence-electron chi connectivity index (χ1n) is 6.23. The van der Waals surface area contributed by atoms with E-state index in [-0.39, 0.29) is 0 Å². The summed E-state index contributed by atoms with van der Waals surface area (Å²) in [5.41, 5.74) is 2.60. The zero-order valence-corrected chi connectivity index (χ0v) is 10.7. The Hall–Kier alpha value is -2.02. The van der Waals surface area contributed by atoms with E-state index in [0.717, 1.165) is 18.6 Å². The van der Waals surface area contributed by atoms with E-state index in [0.29, 0.717) is 0 Å². The first kappa shape index (κ1) is 12.4. The van der Waals surface area contributed by atoms with E-state index in [1.807, 2.05) is 18.2 Å². The zero-order valence-electron chi connectivity index (χ0n) is 10.7. The average molecular weight is 238 g/mol. The van der Waals surface area contributed by atoms with E-state index in [4.69, 9.17) is 4.74 Å². The molecule has 0 heterocycles. The highest BCUT2D eigenvalue weighted by molar-refractivity contribution is 5.48. The molecule has 0 aliphatic rings. The van der Waals surface area contributed by atoms with Crippen molar-refractivity contribution in [1.29, 1.82) is 0 Å². The summed E-state index contributed by atoms with van der Waals surface area (Å²) in [6.45, 7) is 0.